The van der Waals surface area contributed by atoms with Gasteiger partial charge in [-0.05, 0) is 67.8 Å². The molecule has 0 radical (unpaired) electrons. The van der Waals surface area contributed by atoms with Crippen LogP contribution in [0.2, 0.25) is 0 Å². The molecule has 36 heavy (non-hydrogen) atoms. The summed E-state index contributed by atoms with van der Waals surface area (Å²) in [6.45, 7) is 6.86. The minimum absolute atomic E-state index is 0.0831. The second kappa shape index (κ2) is 10.4. The number of aromatic nitrogens is 5. The Labute approximate surface area is 213 Å². The lowest BCUT2D eigenvalue weighted by Gasteiger charge is -2.09. The minimum atomic E-state index is -0.0831. The molecule has 0 saturated carbocycles. The van der Waals surface area contributed by atoms with Crippen molar-refractivity contribution >= 4 is 34.5 Å². The summed E-state index contributed by atoms with van der Waals surface area (Å²) >= 11 is 1.35. The molecule has 184 valence electrons. The maximum Gasteiger partial charge on any atom is 0.234 e. The Bertz CT molecular complexity index is 1520. The lowest BCUT2D eigenvalue weighted by molar-refractivity contribution is -0.113. The highest BCUT2D eigenvalue weighted by atomic mass is 32.2. The van der Waals surface area contributed by atoms with E-state index in [0.29, 0.717) is 10.8 Å². The van der Waals surface area contributed by atoms with Crippen molar-refractivity contribution in [3.05, 3.63) is 72.1 Å². The van der Waals surface area contributed by atoms with Crippen LogP contribution in [-0.2, 0) is 4.79 Å². The van der Waals surface area contributed by atoms with Crippen molar-refractivity contribution in [2.75, 3.05) is 17.7 Å². The summed E-state index contributed by atoms with van der Waals surface area (Å²) in [4.78, 5) is 12.6. The third-order valence-electron chi connectivity index (χ3n) is 5.90. The van der Waals surface area contributed by atoms with Crippen molar-refractivity contribution in [3.8, 4) is 17.0 Å². The summed E-state index contributed by atoms with van der Waals surface area (Å²) in [5.41, 5.74) is 6.34. The van der Waals surface area contributed by atoms with Crippen LogP contribution in [-0.4, -0.2) is 42.5 Å². The minimum Gasteiger partial charge on any atom is -0.494 e. The van der Waals surface area contributed by atoms with Gasteiger partial charge in [0.2, 0.25) is 5.91 Å². The van der Waals surface area contributed by atoms with Crippen LogP contribution < -0.4 is 10.1 Å². The van der Waals surface area contributed by atoms with Crippen LogP contribution in [0.15, 0.2) is 66.1 Å². The van der Waals surface area contributed by atoms with E-state index in [1.54, 1.807) is 4.52 Å². The number of nitrogens with one attached hydrogen (secondary N) is 1. The summed E-state index contributed by atoms with van der Waals surface area (Å²) in [6.07, 6.45) is 5.89. The van der Waals surface area contributed by atoms with E-state index in [-0.39, 0.29) is 11.7 Å². The van der Waals surface area contributed by atoms with Crippen molar-refractivity contribution in [2.24, 2.45) is 0 Å². The normalized spacial score (nSPS) is 11.3. The van der Waals surface area contributed by atoms with Gasteiger partial charge in [-0.1, -0.05) is 37.2 Å². The van der Waals surface area contributed by atoms with Gasteiger partial charge in [-0.2, -0.15) is 5.10 Å². The average Bonchev–Trinajstić information content (AvgIpc) is 3.50. The van der Waals surface area contributed by atoms with E-state index in [2.05, 4.69) is 22.4 Å². The number of hydrogen-bond acceptors (Lipinski definition) is 6. The molecule has 0 unspecified atom stereocenters. The molecule has 0 fully saturated rings. The van der Waals surface area contributed by atoms with Crippen LogP contribution in [0.4, 0.5) is 5.69 Å². The van der Waals surface area contributed by atoms with E-state index in [0.717, 1.165) is 58.8 Å². The highest BCUT2D eigenvalue weighted by molar-refractivity contribution is 7.99. The molecule has 1 N–H and O–H groups in total. The van der Waals surface area contributed by atoms with Gasteiger partial charge in [-0.3, -0.25) is 9.20 Å². The number of unbranched alkanes of at least 4 members (excludes halogenated alkanes) is 1. The largest absolute Gasteiger partial charge is 0.494 e. The van der Waals surface area contributed by atoms with Crippen molar-refractivity contribution in [2.45, 2.75) is 38.8 Å². The number of thioether (sulfide) groups is 1. The molecule has 2 aromatic carbocycles. The van der Waals surface area contributed by atoms with Crippen LogP contribution in [0.25, 0.3) is 22.4 Å². The van der Waals surface area contributed by atoms with Gasteiger partial charge in [-0.25, -0.2) is 4.52 Å². The van der Waals surface area contributed by atoms with Crippen LogP contribution in [0, 0.1) is 13.8 Å². The van der Waals surface area contributed by atoms with Crippen LogP contribution >= 0.6 is 11.8 Å². The molecule has 9 heteroatoms. The average molecular weight is 501 g/mol. The van der Waals surface area contributed by atoms with E-state index in [1.807, 2.05) is 79.2 Å². The maximum absolute atomic E-state index is 12.6. The van der Waals surface area contributed by atoms with Crippen LogP contribution in [0.3, 0.4) is 0 Å². The number of amides is 1. The van der Waals surface area contributed by atoms with E-state index in [1.165, 1.54) is 11.8 Å². The fourth-order valence-electron chi connectivity index (χ4n) is 3.87. The Morgan fingerprint density at radius 3 is 2.69 bits per heavy atom. The van der Waals surface area contributed by atoms with E-state index >= 15 is 0 Å². The zero-order valence-corrected chi connectivity index (χ0v) is 21.4. The van der Waals surface area contributed by atoms with Crippen molar-refractivity contribution < 1.29 is 9.53 Å². The SMILES string of the molecule is CCCCOc1ccc(-c2cc3c4nnc(SCC(=O)Nc5cc(C)ccc5C)n4ccn3n2)cc1. The van der Waals surface area contributed by atoms with Gasteiger partial charge in [0.25, 0.3) is 0 Å². The van der Waals surface area contributed by atoms with Crippen LogP contribution in [0.1, 0.15) is 30.9 Å². The molecule has 5 aromatic rings. The fourth-order valence-corrected chi connectivity index (χ4v) is 4.59. The summed E-state index contributed by atoms with van der Waals surface area (Å²) < 4.78 is 9.45. The van der Waals surface area contributed by atoms with Gasteiger partial charge in [0.05, 0.1) is 18.1 Å². The molecule has 8 nitrogen and oxygen atoms in total. The molecule has 0 saturated heterocycles. The molecule has 3 heterocycles. The number of aryl methyl sites for hydroxylation is 2. The van der Waals surface area contributed by atoms with Crippen molar-refractivity contribution in [1.29, 1.82) is 0 Å². The Balaban J connectivity index is 1.31. The first-order valence-electron chi connectivity index (χ1n) is 12.0. The number of carbonyl (C=O) groups excluding carboxylic acids is 1. The molecule has 0 bridgehead atoms. The molecule has 1 amide bonds. The molecule has 0 atom stereocenters. The quantitative estimate of drug-likeness (QED) is 0.210. The van der Waals surface area contributed by atoms with E-state index < -0.39 is 0 Å². The van der Waals surface area contributed by atoms with Crippen molar-refractivity contribution in [3.63, 3.8) is 0 Å². The monoisotopic (exact) mass is 500 g/mol. The first-order chi connectivity index (χ1) is 17.5. The standard InChI is InChI=1S/C27H28N6O2S/c1-4-5-14-35-21-10-8-20(9-11-21)23-16-24-26-29-30-27(32(26)12-13-33(24)31-23)36-17-25(34)28-22-15-18(2)6-7-19(22)3/h6-13,15-16H,4-5,14,17H2,1-3H3,(H,28,34). The fraction of sp³-hybridized carbons (Fsp3) is 0.259. The molecule has 3 aromatic heterocycles. The highest BCUT2D eigenvalue weighted by Gasteiger charge is 2.15. The van der Waals surface area contributed by atoms with Gasteiger partial charge in [0.15, 0.2) is 10.8 Å². The summed E-state index contributed by atoms with van der Waals surface area (Å²) in [5.74, 6) is 1.01. The Hall–Kier alpha value is -3.85. The molecule has 0 aliphatic heterocycles. The molecular formula is C27H28N6O2S. The zero-order chi connectivity index (χ0) is 25.1. The predicted octanol–water partition coefficient (Wildman–Crippen LogP) is 5.57. The number of fused-ring (bicyclic) bond motifs is 3. The molecule has 5 rings (SSSR count). The lowest BCUT2D eigenvalue weighted by Crippen LogP contribution is -2.15. The van der Waals surface area contributed by atoms with Crippen LogP contribution in [0.5, 0.6) is 5.75 Å². The van der Waals surface area contributed by atoms with Gasteiger partial charge >= 0.3 is 0 Å². The second-order valence-electron chi connectivity index (χ2n) is 8.72. The summed E-state index contributed by atoms with van der Waals surface area (Å²) in [5, 5.41) is 17.1. The number of benzene rings is 2. The Kier molecular flexibility index (Phi) is 6.90. The Morgan fingerprint density at radius 2 is 1.89 bits per heavy atom. The number of carbonyl (C=O) groups is 1. The third kappa shape index (κ3) is 5.06. The summed E-state index contributed by atoms with van der Waals surface area (Å²) in [7, 11) is 0. The number of ether oxygens (including phenoxy) is 1. The number of nitrogens with zero attached hydrogens (tertiary/aromatic N) is 5. The van der Waals surface area contributed by atoms with Gasteiger partial charge in [0.1, 0.15) is 11.3 Å². The molecular weight excluding hydrogens is 472 g/mol. The predicted molar refractivity (Wildman–Crippen MR) is 143 cm³/mol. The van der Waals surface area contributed by atoms with Gasteiger partial charge in [0, 0.05) is 23.6 Å². The molecule has 0 aliphatic rings. The van der Waals surface area contributed by atoms with E-state index in [9.17, 15) is 4.79 Å². The maximum atomic E-state index is 12.6. The molecule has 0 aliphatic carbocycles. The smallest absolute Gasteiger partial charge is 0.234 e. The van der Waals surface area contributed by atoms with Gasteiger partial charge < -0.3 is 10.1 Å². The van der Waals surface area contributed by atoms with E-state index in [4.69, 9.17) is 9.84 Å². The summed E-state index contributed by atoms with van der Waals surface area (Å²) in [6, 6.07) is 16.0. The highest BCUT2D eigenvalue weighted by Crippen LogP contribution is 2.26. The third-order valence-corrected chi connectivity index (χ3v) is 6.85. The molecule has 0 spiro atoms. The lowest BCUT2D eigenvalue weighted by atomic mass is 10.1. The van der Waals surface area contributed by atoms with Gasteiger partial charge in [-0.15, -0.1) is 10.2 Å². The first-order valence-corrected chi connectivity index (χ1v) is 13.0. The van der Waals surface area contributed by atoms with Crippen molar-refractivity contribution in [1.82, 2.24) is 24.2 Å². The number of anilines is 1. The Morgan fingerprint density at radius 1 is 1.06 bits per heavy atom. The number of rotatable bonds is 9. The number of hydrogen-bond donors (Lipinski definition) is 1. The first kappa shape index (κ1) is 23.9. The topological polar surface area (TPSA) is 85.8 Å². The zero-order valence-electron chi connectivity index (χ0n) is 20.6. The second-order valence-corrected chi connectivity index (χ2v) is 9.66.